The zero-order chi connectivity index (χ0) is 23.0. The molecule has 2 aromatic carbocycles. The average Bonchev–Trinajstić information content (AvgIpc) is 3.29. The van der Waals surface area contributed by atoms with Gasteiger partial charge in [0.2, 0.25) is 21.7 Å². The molecule has 0 spiro atoms. The van der Waals surface area contributed by atoms with Crippen LogP contribution in [0.15, 0.2) is 70.2 Å². The van der Waals surface area contributed by atoms with Crippen LogP contribution in [0.25, 0.3) is 22.3 Å². The molecule has 9 nitrogen and oxygen atoms in total. The van der Waals surface area contributed by atoms with E-state index in [0.29, 0.717) is 35.9 Å². The Bertz CT molecular complexity index is 1420. The summed E-state index contributed by atoms with van der Waals surface area (Å²) in [5, 5.41) is 4.65. The largest absolute Gasteiger partial charge is 0.339 e. The highest BCUT2D eigenvalue weighted by molar-refractivity contribution is 7.89. The summed E-state index contributed by atoms with van der Waals surface area (Å²) in [4.78, 5) is 23.3. The summed E-state index contributed by atoms with van der Waals surface area (Å²) >= 11 is 0. The van der Waals surface area contributed by atoms with Gasteiger partial charge in [-0.2, -0.15) is 9.29 Å². The van der Waals surface area contributed by atoms with E-state index in [2.05, 4.69) is 15.1 Å². The predicted octanol–water partition coefficient (Wildman–Crippen LogP) is 2.74. The number of amides is 1. The van der Waals surface area contributed by atoms with Gasteiger partial charge in [0.05, 0.1) is 5.52 Å². The molecule has 5 rings (SSSR count). The quantitative estimate of drug-likeness (QED) is 0.458. The van der Waals surface area contributed by atoms with Crippen LogP contribution < -0.4 is 0 Å². The summed E-state index contributed by atoms with van der Waals surface area (Å²) in [6.07, 6.45) is 1.59. The van der Waals surface area contributed by atoms with Gasteiger partial charge in [0, 0.05) is 55.8 Å². The van der Waals surface area contributed by atoms with Crippen molar-refractivity contribution < 1.29 is 17.7 Å². The lowest BCUT2D eigenvalue weighted by atomic mass is 10.1. The van der Waals surface area contributed by atoms with Crippen LogP contribution in [0.5, 0.6) is 0 Å². The van der Waals surface area contributed by atoms with Crippen molar-refractivity contribution >= 4 is 26.8 Å². The molecule has 1 aliphatic rings. The highest BCUT2D eigenvalue weighted by Gasteiger charge is 2.31. The van der Waals surface area contributed by atoms with Crippen molar-refractivity contribution in [3.63, 3.8) is 0 Å². The number of fused-ring (bicyclic) bond motifs is 1. The summed E-state index contributed by atoms with van der Waals surface area (Å²) < 4.78 is 33.0. The third kappa shape index (κ3) is 3.98. The van der Waals surface area contributed by atoms with E-state index in [1.54, 1.807) is 60.5 Å². The highest BCUT2D eigenvalue weighted by Crippen LogP contribution is 2.25. The second-order valence-electron chi connectivity index (χ2n) is 7.74. The van der Waals surface area contributed by atoms with Crippen molar-refractivity contribution in [3.8, 4) is 11.4 Å². The SMILES string of the molecule is Cc1nc(-c2ccc(C(=O)N3CCN(S(=O)(=O)c4cccc5cccnc45)CC3)cc2)no1. The number of aromatic nitrogens is 3. The molecule has 0 radical (unpaired) electrons. The third-order valence-electron chi connectivity index (χ3n) is 5.66. The van der Waals surface area contributed by atoms with E-state index in [4.69, 9.17) is 4.52 Å². The van der Waals surface area contributed by atoms with Crippen molar-refractivity contribution in [1.82, 2.24) is 24.3 Å². The number of aryl methyl sites for hydroxylation is 1. The fraction of sp³-hybridized carbons (Fsp3) is 0.217. The smallest absolute Gasteiger partial charge is 0.253 e. The zero-order valence-electron chi connectivity index (χ0n) is 17.9. The molecule has 0 saturated carbocycles. The fourth-order valence-electron chi connectivity index (χ4n) is 3.92. The second kappa shape index (κ2) is 8.38. The van der Waals surface area contributed by atoms with Crippen LogP contribution in [0, 0.1) is 6.92 Å². The van der Waals surface area contributed by atoms with E-state index < -0.39 is 10.0 Å². The number of hydrogen-bond acceptors (Lipinski definition) is 7. The number of pyridine rings is 1. The number of carbonyl (C=O) groups excluding carboxylic acids is 1. The molecule has 3 heterocycles. The summed E-state index contributed by atoms with van der Waals surface area (Å²) in [5.74, 6) is 0.792. The van der Waals surface area contributed by atoms with Gasteiger partial charge in [0.1, 0.15) is 4.90 Å². The standard InChI is InChI=1S/C23H21N5O4S/c1-16-25-22(26-32-16)18-7-9-19(10-8-18)23(29)27-12-14-28(15-13-27)33(30,31)20-6-2-4-17-5-3-11-24-21(17)20/h2-11H,12-15H2,1H3. The van der Waals surface area contributed by atoms with Crippen molar-refractivity contribution in [3.05, 3.63) is 72.2 Å². The maximum Gasteiger partial charge on any atom is 0.253 e. The van der Waals surface area contributed by atoms with Crippen LogP contribution in [-0.2, 0) is 10.0 Å². The zero-order valence-corrected chi connectivity index (χ0v) is 18.7. The first-order chi connectivity index (χ1) is 15.9. The number of carbonyl (C=O) groups is 1. The number of rotatable bonds is 4. The van der Waals surface area contributed by atoms with Crippen molar-refractivity contribution in [1.29, 1.82) is 0 Å². The molecule has 10 heteroatoms. The van der Waals surface area contributed by atoms with E-state index in [1.807, 2.05) is 12.1 Å². The van der Waals surface area contributed by atoms with Crippen LogP contribution >= 0.6 is 0 Å². The van der Waals surface area contributed by atoms with Gasteiger partial charge in [0.15, 0.2) is 0 Å². The van der Waals surface area contributed by atoms with Gasteiger partial charge in [-0.15, -0.1) is 0 Å². The molecule has 168 valence electrons. The molecule has 0 bridgehead atoms. The first-order valence-corrected chi connectivity index (χ1v) is 11.9. The van der Waals surface area contributed by atoms with E-state index >= 15 is 0 Å². The Kier molecular flexibility index (Phi) is 5.39. The first-order valence-electron chi connectivity index (χ1n) is 10.5. The van der Waals surface area contributed by atoms with Crippen molar-refractivity contribution in [2.75, 3.05) is 26.2 Å². The second-order valence-corrected chi connectivity index (χ2v) is 9.65. The Balaban J connectivity index is 1.29. The number of sulfonamides is 1. The normalized spacial score (nSPS) is 15.1. The van der Waals surface area contributed by atoms with Gasteiger partial charge in [0.25, 0.3) is 5.91 Å². The maximum absolute atomic E-state index is 13.3. The van der Waals surface area contributed by atoms with Gasteiger partial charge < -0.3 is 9.42 Å². The van der Waals surface area contributed by atoms with Crippen molar-refractivity contribution in [2.45, 2.75) is 11.8 Å². The van der Waals surface area contributed by atoms with Gasteiger partial charge in [-0.1, -0.05) is 35.5 Å². The van der Waals surface area contributed by atoms with E-state index in [0.717, 1.165) is 10.9 Å². The molecule has 2 aromatic heterocycles. The summed E-state index contributed by atoms with van der Waals surface area (Å²) in [6, 6.07) is 15.7. The highest BCUT2D eigenvalue weighted by atomic mass is 32.2. The Hall–Kier alpha value is -3.63. The molecular formula is C23H21N5O4S. The molecule has 0 aliphatic carbocycles. The minimum Gasteiger partial charge on any atom is -0.339 e. The first kappa shape index (κ1) is 21.2. The van der Waals surface area contributed by atoms with Crippen molar-refractivity contribution in [2.24, 2.45) is 0 Å². The maximum atomic E-state index is 13.3. The molecule has 4 aromatic rings. The van der Waals surface area contributed by atoms with Crippen LogP contribution in [0.1, 0.15) is 16.2 Å². The molecule has 1 fully saturated rings. The van der Waals surface area contributed by atoms with Gasteiger partial charge in [-0.05, 0) is 24.3 Å². The van der Waals surface area contributed by atoms with Crippen LogP contribution in [0.3, 0.4) is 0 Å². The van der Waals surface area contributed by atoms with E-state index in [9.17, 15) is 13.2 Å². The third-order valence-corrected chi connectivity index (χ3v) is 7.59. The summed E-state index contributed by atoms with van der Waals surface area (Å²) in [6.45, 7) is 2.77. The number of nitrogens with zero attached hydrogens (tertiary/aromatic N) is 5. The molecule has 0 N–H and O–H groups in total. The Labute approximate surface area is 190 Å². The average molecular weight is 464 g/mol. The lowest BCUT2D eigenvalue weighted by molar-refractivity contribution is 0.0698. The lowest BCUT2D eigenvalue weighted by Crippen LogP contribution is -2.50. The number of benzene rings is 2. The van der Waals surface area contributed by atoms with E-state index in [-0.39, 0.29) is 23.9 Å². The Morgan fingerprint density at radius 1 is 0.970 bits per heavy atom. The molecule has 0 unspecified atom stereocenters. The van der Waals surface area contributed by atoms with Gasteiger partial charge in [-0.25, -0.2) is 8.42 Å². The molecule has 33 heavy (non-hydrogen) atoms. The molecule has 1 saturated heterocycles. The molecule has 1 amide bonds. The van der Waals surface area contributed by atoms with E-state index in [1.165, 1.54) is 4.31 Å². The molecule has 0 atom stereocenters. The number of hydrogen-bond donors (Lipinski definition) is 0. The Morgan fingerprint density at radius 3 is 2.39 bits per heavy atom. The minimum atomic E-state index is -3.73. The van der Waals surface area contributed by atoms with Crippen LogP contribution in [0.4, 0.5) is 0 Å². The lowest BCUT2D eigenvalue weighted by Gasteiger charge is -2.34. The summed E-state index contributed by atoms with van der Waals surface area (Å²) in [5.41, 5.74) is 1.73. The van der Waals surface area contributed by atoms with Crippen LogP contribution in [-0.4, -0.2) is 64.8 Å². The molecule has 1 aliphatic heterocycles. The molecular weight excluding hydrogens is 442 g/mol. The van der Waals surface area contributed by atoms with Gasteiger partial charge >= 0.3 is 0 Å². The van der Waals surface area contributed by atoms with Crippen LogP contribution in [0.2, 0.25) is 0 Å². The predicted molar refractivity (Wildman–Crippen MR) is 121 cm³/mol. The monoisotopic (exact) mass is 463 g/mol. The summed E-state index contributed by atoms with van der Waals surface area (Å²) in [7, 11) is -3.73. The Morgan fingerprint density at radius 2 is 1.70 bits per heavy atom. The van der Waals surface area contributed by atoms with Gasteiger partial charge in [-0.3, -0.25) is 9.78 Å². The number of para-hydroxylation sites is 1. The minimum absolute atomic E-state index is 0.144. The topological polar surface area (TPSA) is 110 Å². The number of piperazine rings is 1. The fourth-order valence-corrected chi connectivity index (χ4v) is 5.50.